The van der Waals surface area contributed by atoms with Gasteiger partial charge in [-0.25, -0.2) is 0 Å². The summed E-state index contributed by atoms with van der Waals surface area (Å²) in [5.41, 5.74) is 1.08. The molecule has 4 heterocycles. The van der Waals surface area contributed by atoms with Crippen LogP contribution in [0.3, 0.4) is 0 Å². The van der Waals surface area contributed by atoms with Crippen LogP contribution in [0, 0.1) is 5.41 Å². The highest BCUT2D eigenvalue weighted by molar-refractivity contribution is 5.95. The van der Waals surface area contributed by atoms with Crippen molar-refractivity contribution in [3.05, 3.63) is 76.9 Å². The van der Waals surface area contributed by atoms with Crippen molar-refractivity contribution in [1.82, 2.24) is 15.7 Å². The largest absolute Gasteiger partial charge is 0.458 e. The molecule has 7 rings (SSSR count). The Kier molecular flexibility index (Phi) is 11.2. The summed E-state index contributed by atoms with van der Waals surface area (Å²) >= 11 is 0. The zero-order chi connectivity index (χ0) is 37.3. The Morgan fingerprint density at radius 3 is 2.62 bits per heavy atom. The molecule has 5 fully saturated rings. The van der Waals surface area contributed by atoms with Gasteiger partial charge in [-0.15, -0.1) is 0 Å². The predicted octanol–water partition coefficient (Wildman–Crippen LogP) is -1.90. The lowest BCUT2D eigenvalue weighted by Crippen LogP contribution is -2.69. The molecule has 4 saturated heterocycles. The maximum Gasteiger partial charge on any atom is 0.327 e. The zero-order valence-corrected chi connectivity index (χ0v) is 28.6. The van der Waals surface area contributed by atoms with Crippen molar-refractivity contribution in [2.75, 3.05) is 33.2 Å². The molecule has 0 aromatic heterocycles. The summed E-state index contributed by atoms with van der Waals surface area (Å²) in [5.74, 6) is -1.42. The molecule has 2 bridgehead atoms. The first-order chi connectivity index (χ1) is 25.7. The third-order valence-electron chi connectivity index (χ3n) is 10.4. The predicted molar refractivity (Wildman–Crippen MR) is 179 cm³/mol. The summed E-state index contributed by atoms with van der Waals surface area (Å²) in [6.07, 6.45) is -6.35. The average Bonchev–Trinajstić information content (AvgIpc) is 3.80. The van der Waals surface area contributed by atoms with Gasteiger partial charge < -0.3 is 59.9 Å². The summed E-state index contributed by atoms with van der Waals surface area (Å²) in [5, 5.41) is 55.9. The Balaban J connectivity index is 1.08. The lowest BCUT2D eigenvalue weighted by Gasteiger charge is -2.48. The van der Waals surface area contributed by atoms with E-state index < -0.39 is 85.1 Å². The van der Waals surface area contributed by atoms with Crippen LogP contribution in [0.4, 0.5) is 0 Å². The highest BCUT2D eigenvalue weighted by Crippen LogP contribution is 2.55. The first-order valence-electron chi connectivity index (χ1n) is 17.5. The Hall–Kier alpha value is -3.85. The number of nitrogens with zero attached hydrogens (tertiary/aromatic N) is 1. The molecular weight excluding hydrogens is 698 g/mol. The van der Waals surface area contributed by atoms with E-state index in [-0.39, 0.29) is 52.0 Å². The molecule has 11 atom stereocenters. The molecule has 0 radical (unpaired) electrons. The number of ether oxygens (including phenoxy) is 5. The first-order valence-corrected chi connectivity index (χ1v) is 17.5. The summed E-state index contributed by atoms with van der Waals surface area (Å²) in [6, 6.07) is 12.9. The number of hydrogen-bond acceptors (Lipinski definition) is 15. The molecule has 4 aliphatic heterocycles. The van der Waals surface area contributed by atoms with Gasteiger partial charge in [0.05, 0.1) is 26.4 Å². The van der Waals surface area contributed by atoms with Gasteiger partial charge in [-0.1, -0.05) is 48.6 Å². The Morgan fingerprint density at radius 1 is 1.00 bits per heavy atom. The van der Waals surface area contributed by atoms with Crippen molar-refractivity contribution >= 4 is 23.9 Å². The van der Waals surface area contributed by atoms with Gasteiger partial charge in [-0.3, -0.25) is 19.2 Å². The van der Waals surface area contributed by atoms with Gasteiger partial charge >= 0.3 is 5.97 Å². The van der Waals surface area contributed by atoms with Crippen LogP contribution in [0.1, 0.15) is 33.5 Å². The summed E-state index contributed by atoms with van der Waals surface area (Å²) < 4.78 is 28.6. The van der Waals surface area contributed by atoms with Gasteiger partial charge in [0.2, 0.25) is 5.91 Å². The maximum atomic E-state index is 14.4. The molecule has 0 spiro atoms. The first kappa shape index (κ1) is 37.5. The SMILES string of the molecule is O=C(NCCO)c1cccc(CNC(=O)C23CC4OC(=O)C2N(Cc2ccccc2C=CCOC2OC(CO)C(O)C(O)C2O)OC3C2OCOC42)c1. The average molecular weight is 742 g/mol. The molecule has 17 heteroatoms. The molecule has 17 nitrogen and oxygen atoms in total. The van der Waals surface area contributed by atoms with E-state index in [2.05, 4.69) is 10.6 Å². The number of aliphatic hydroxyl groups is 5. The van der Waals surface area contributed by atoms with Gasteiger partial charge in [0.15, 0.2) is 12.3 Å². The van der Waals surface area contributed by atoms with E-state index in [0.29, 0.717) is 11.1 Å². The number of amides is 2. The lowest BCUT2D eigenvalue weighted by atomic mass is 9.62. The van der Waals surface area contributed by atoms with Crippen molar-refractivity contribution in [2.24, 2.45) is 5.41 Å². The normalized spacial score (nSPS) is 34.8. The van der Waals surface area contributed by atoms with E-state index >= 15 is 0 Å². The van der Waals surface area contributed by atoms with Gasteiger partial charge in [0, 0.05) is 25.1 Å². The molecule has 286 valence electrons. The second kappa shape index (κ2) is 15.9. The number of hydrogen-bond donors (Lipinski definition) is 7. The topological polar surface area (TPSA) is 235 Å². The number of fused-ring (bicyclic) bond motifs is 4. The number of hydroxylamine groups is 2. The van der Waals surface area contributed by atoms with Crippen molar-refractivity contribution in [3.8, 4) is 0 Å². The second-order valence-electron chi connectivity index (χ2n) is 13.6. The maximum absolute atomic E-state index is 14.4. The highest BCUT2D eigenvalue weighted by atomic mass is 16.8. The molecule has 11 unspecified atom stereocenters. The van der Waals surface area contributed by atoms with Gasteiger partial charge in [-0.2, -0.15) is 5.06 Å². The van der Waals surface area contributed by atoms with Crippen LogP contribution in [-0.2, 0) is 51.2 Å². The molecule has 2 aromatic carbocycles. The van der Waals surface area contributed by atoms with E-state index in [1.807, 2.05) is 24.3 Å². The van der Waals surface area contributed by atoms with Crippen molar-refractivity contribution in [3.63, 3.8) is 0 Å². The Labute approximate surface area is 303 Å². The van der Waals surface area contributed by atoms with Crippen LogP contribution in [0.15, 0.2) is 54.6 Å². The summed E-state index contributed by atoms with van der Waals surface area (Å²) in [7, 11) is 0. The molecule has 1 saturated carbocycles. The third kappa shape index (κ3) is 7.10. The number of rotatable bonds is 13. The van der Waals surface area contributed by atoms with Gasteiger partial charge in [0.1, 0.15) is 61.0 Å². The van der Waals surface area contributed by atoms with Crippen LogP contribution < -0.4 is 10.6 Å². The quantitative estimate of drug-likeness (QED) is 0.111. The zero-order valence-electron chi connectivity index (χ0n) is 28.6. The number of carbonyl (C=O) groups is 3. The second-order valence-corrected chi connectivity index (χ2v) is 13.6. The number of aliphatic hydroxyl groups excluding tert-OH is 5. The van der Waals surface area contributed by atoms with Crippen LogP contribution in [0.25, 0.3) is 6.08 Å². The van der Waals surface area contributed by atoms with Crippen molar-refractivity contribution < 1.29 is 68.4 Å². The van der Waals surface area contributed by atoms with Crippen molar-refractivity contribution in [1.29, 1.82) is 0 Å². The minimum absolute atomic E-state index is 0.0461. The number of esters is 1. The van der Waals surface area contributed by atoms with Gasteiger partial charge in [-0.05, 0) is 28.8 Å². The van der Waals surface area contributed by atoms with Crippen LogP contribution in [0.2, 0.25) is 0 Å². The third-order valence-corrected chi connectivity index (χ3v) is 10.4. The minimum atomic E-state index is -1.56. The van der Waals surface area contributed by atoms with E-state index in [1.54, 1.807) is 36.4 Å². The standard InChI is InChI=1S/C36H43N3O14/c40-11-10-37-32(45)21-8-3-5-19(13-21)15-38-35(47)36-14-23-28-29(50-18-49-28)31(36)53-39(30(36)33(46)51-23)16-22-7-2-1-6-20(22)9-4-12-48-34-27(44)26(43)25(42)24(17-41)52-34/h1-9,13,23-31,34,40-44H,10-12,14-18H2,(H,37,45)(H,38,47). The smallest absolute Gasteiger partial charge is 0.327 e. The lowest BCUT2D eigenvalue weighted by molar-refractivity contribution is -0.298. The van der Waals surface area contributed by atoms with Crippen LogP contribution in [-0.4, -0.2) is 143 Å². The van der Waals surface area contributed by atoms with E-state index in [1.165, 1.54) is 5.06 Å². The minimum Gasteiger partial charge on any atom is -0.458 e. The Morgan fingerprint density at radius 2 is 1.81 bits per heavy atom. The fraction of sp³-hybridized carbons (Fsp3) is 0.528. The van der Waals surface area contributed by atoms with Crippen LogP contribution in [0.5, 0.6) is 0 Å². The van der Waals surface area contributed by atoms with Crippen molar-refractivity contribution in [2.45, 2.75) is 80.7 Å². The molecule has 1 aliphatic carbocycles. The van der Waals surface area contributed by atoms with E-state index in [0.717, 1.165) is 11.1 Å². The molecule has 2 aromatic rings. The number of nitrogens with one attached hydrogen (secondary N) is 2. The number of carbonyl (C=O) groups excluding carboxylic acids is 3. The van der Waals surface area contributed by atoms with Crippen LogP contribution >= 0.6 is 0 Å². The fourth-order valence-corrected chi connectivity index (χ4v) is 7.81. The molecule has 2 amide bonds. The fourth-order valence-electron chi connectivity index (χ4n) is 7.81. The highest BCUT2D eigenvalue weighted by Gasteiger charge is 2.74. The van der Waals surface area contributed by atoms with Gasteiger partial charge in [0.25, 0.3) is 5.91 Å². The van der Waals surface area contributed by atoms with E-state index in [9.17, 15) is 34.8 Å². The number of benzene rings is 2. The molecule has 7 N–H and O–H groups in total. The van der Waals surface area contributed by atoms with E-state index in [4.69, 9.17) is 33.6 Å². The molecular formula is C36H43N3O14. The summed E-state index contributed by atoms with van der Waals surface area (Å²) in [6.45, 7) is -0.638. The molecule has 53 heavy (non-hydrogen) atoms. The summed E-state index contributed by atoms with van der Waals surface area (Å²) in [4.78, 5) is 47.2. The molecule has 5 aliphatic rings. The monoisotopic (exact) mass is 741 g/mol. The Bertz CT molecular complexity index is 1690.